The van der Waals surface area contributed by atoms with E-state index in [0.717, 1.165) is 29.4 Å². The third-order valence-corrected chi connectivity index (χ3v) is 4.84. The van der Waals surface area contributed by atoms with Crippen molar-refractivity contribution in [3.8, 4) is 0 Å². The standard InChI is InChI=1S/C20H24N2O3/c1-25-20(24)18(22-19(23)12-14-6-2-3-7-14)13-16-11-10-15-8-4-5-9-17(15)21-16/h4-5,8-11,14,18H,2-3,6-7,12-13H2,1H3,(H,22,23)/t18-/m0/s1. The summed E-state index contributed by atoms with van der Waals surface area (Å²) in [6.45, 7) is 0. The number of benzene rings is 1. The minimum absolute atomic E-state index is 0.0805. The summed E-state index contributed by atoms with van der Waals surface area (Å²) < 4.78 is 4.86. The SMILES string of the molecule is COC(=O)[C@H](Cc1ccc2ccccc2n1)NC(=O)CC1CCCC1. The molecule has 1 amide bonds. The van der Waals surface area contributed by atoms with Crippen molar-refractivity contribution < 1.29 is 14.3 Å². The van der Waals surface area contributed by atoms with Crippen LogP contribution in [-0.4, -0.2) is 30.0 Å². The lowest BCUT2D eigenvalue weighted by Crippen LogP contribution is -2.43. The molecule has 25 heavy (non-hydrogen) atoms. The molecule has 0 unspecified atom stereocenters. The van der Waals surface area contributed by atoms with E-state index in [1.807, 2.05) is 36.4 Å². The number of carbonyl (C=O) groups excluding carboxylic acids is 2. The van der Waals surface area contributed by atoms with Gasteiger partial charge >= 0.3 is 5.97 Å². The molecule has 0 spiro atoms. The molecule has 1 aliphatic carbocycles. The van der Waals surface area contributed by atoms with Gasteiger partial charge in [0, 0.05) is 23.9 Å². The molecule has 3 rings (SSSR count). The van der Waals surface area contributed by atoms with Crippen LogP contribution in [-0.2, 0) is 20.7 Å². The average molecular weight is 340 g/mol. The Morgan fingerprint density at radius 3 is 2.72 bits per heavy atom. The fourth-order valence-electron chi connectivity index (χ4n) is 3.50. The van der Waals surface area contributed by atoms with E-state index in [-0.39, 0.29) is 5.91 Å². The fourth-order valence-corrected chi connectivity index (χ4v) is 3.50. The van der Waals surface area contributed by atoms with Gasteiger partial charge in [0.2, 0.25) is 5.91 Å². The summed E-state index contributed by atoms with van der Waals surface area (Å²) in [5.41, 5.74) is 1.64. The Morgan fingerprint density at radius 2 is 1.96 bits per heavy atom. The Kier molecular flexibility index (Phi) is 5.64. The number of carbonyl (C=O) groups is 2. The molecule has 1 aromatic heterocycles. The first kappa shape index (κ1) is 17.4. The number of aromatic nitrogens is 1. The van der Waals surface area contributed by atoms with Crippen molar-refractivity contribution in [3.63, 3.8) is 0 Å². The van der Waals surface area contributed by atoms with Crippen molar-refractivity contribution >= 4 is 22.8 Å². The Hall–Kier alpha value is -2.43. The molecule has 132 valence electrons. The minimum atomic E-state index is -0.701. The predicted octanol–water partition coefficient (Wildman–Crippen LogP) is 3.02. The van der Waals surface area contributed by atoms with Gasteiger partial charge in [0.15, 0.2) is 0 Å². The van der Waals surface area contributed by atoms with Crippen LogP contribution in [0.1, 0.15) is 37.8 Å². The van der Waals surface area contributed by atoms with Crippen LogP contribution in [0.25, 0.3) is 10.9 Å². The molecule has 1 heterocycles. The Morgan fingerprint density at radius 1 is 1.20 bits per heavy atom. The maximum absolute atomic E-state index is 12.3. The van der Waals surface area contributed by atoms with E-state index in [1.165, 1.54) is 20.0 Å². The first-order valence-corrected chi connectivity index (χ1v) is 8.87. The second-order valence-corrected chi connectivity index (χ2v) is 6.70. The van der Waals surface area contributed by atoms with Gasteiger partial charge in [0.05, 0.1) is 12.6 Å². The van der Waals surface area contributed by atoms with E-state index < -0.39 is 12.0 Å². The van der Waals surface area contributed by atoms with Crippen molar-refractivity contribution in [2.75, 3.05) is 7.11 Å². The highest BCUT2D eigenvalue weighted by Crippen LogP contribution is 2.27. The average Bonchev–Trinajstić information content (AvgIpc) is 3.13. The third kappa shape index (κ3) is 4.56. The minimum Gasteiger partial charge on any atom is -0.467 e. The van der Waals surface area contributed by atoms with Crippen LogP contribution in [0.4, 0.5) is 0 Å². The molecular weight excluding hydrogens is 316 g/mol. The zero-order valence-electron chi connectivity index (χ0n) is 14.5. The van der Waals surface area contributed by atoms with Crippen LogP contribution >= 0.6 is 0 Å². The highest BCUT2D eigenvalue weighted by atomic mass is 16.5. The van der Waals surface area contributed by atoms with Gasteiger partial charge in [-0.15, -0.1) is 0 Å². The molecule has 1 aliphatic rings. The fraction of sp³-hybridized carbons (Fsp3) is 0.450. The van der Waals surface area contributed by atoms with Crippen LogP contribution in [0.15, 0.2) is 36.4 Å². The normalized spacial score (nSPS) is 15.9. The number of pyridine rings is 1. The van der Waals surface area contributed by atoms with E-state index in [4.69, 9.17) is 4.74 Å². The molecule has 1 saturated carbocycles. The summed E-state index contributed by atoms with van der Waals surface area (Å²) in [5.74, 6) is -0.0742. The largest absolute Gasteiger partial charge is 0.467 e. The quantitative estimate of drug-likeness (QED) is 0.821. The third-order valence-electron chi connectivity index (χ3n) is 4.84. The van der Waals surface area contributed by atoms with Crippen LogP contribution in [0, 0.1) is 5.92 Å². The zero-order valence-corrected chi connectivity index (χ0v) is 14.5. The second kappa shape index (κ2) is 8.10. The number of esters is 1. The van der Waals surface area contributed by atoms with Crippen molar-refractivity contribution in [1.82, 2.24) is 10.3 Å². The number of amides is 1. The predicted molar refractivity (Wildman–Crippen MR) is 96.0 cm³/mol. The van der Waals surface area contributed by atoms with Gasteiger partial charge in [0.25, 0.3) is 0 Å². The summed E-state index contributed by atoms with van der Waals surface area (Å²) >= 11 is 0. The molecule has 5 heteroatoms. The summed E-state index contributed by atoms with van der Waals surface area (Å²) in [7, 11) is 1.34. The van der Waals surface area contributed by atoms with Crippen molar-refractivity contribution in [2.24, 2.45) is 5.92 Å². The number of ether oxygens (including phenoxy) is 1. The van der Waals surface area contributed by atoms with E-state index >= 15 is 0 Å². The lowest BCUT2D eigenvalue weighted by molar-refractivity contribution is -0.145. The van der Waals surface area contributed by atoms with Crippen LogP contribution in [0.5, 0.6) is 0 Å². The molecule has 0 bridgehead atoms. The first-order valence-electron chi connectivity index (χ1n) is 8.87. The lowest BCUT2D eigenvalue weighted by atomic mass is 10.0. The molecule has 5 nitrogen and oxygen atoms in total. The molecule has 2 aromatic rings. The van der Waals surface area contributed by atoms with Gasteiger partial charge in [-0.3, -0.25) is 9.78 Å². The smallest absolute Gasteiger partial charge is 0.328 e. The van der Waals surface area contributed by atoms with E-state index in [0.29, 0.717) is 18.8 Å². The van der Waals surface area contributed by atoms with Gasteiger partial charge in [0.1, 0.15) is 6.04 Å². The van der Waals surface area contributed by atoms with Crippen molar-refractivity contribution in [1.29, 1.82) is 0 Å². The molecular formula is C20H24N2O3. The topological polar surface area (TPSA) is 68.3 Å². The maximum atomic E-state index is 12.3. The number of fused-ring (bicyclic) bond motifs is 1. The molecule has 1 fully saturated rings. The number of hydrogen-bond donors (Lipinski definition) is 1. The maximum Gasteiger partial charge on any atom is 0.328 e. The Labute approximate surface area is 147 Å². The lowest BCUT2D eigenvalue weighted by Gasteiger charge is -2.18. The Balaban J connectivity index is 1.68. The number of nitrogens with zero attached hydrogens (tertiary/aromatic N) is 1. The number of methoxy groups -OCH3 is 1. The van der Waals surface area contributed by atoms with Crippen LogP contribution in [0.2, 0.25) is 0 Å². The molecule has 0 aliphatic heterocycles. The van der Waals surface area contributed by atoms with Gasteiger partial charge in [-0.2, -0.15) is 0 Å². The van der Waals surface area contributed by atoms with Gasteiger partial charge in [-0.25, -0.2) is 4.79 Å². The molecule has 0 saturated heterocycles. The van der Waals surface area contributed by atoms with Gasteiger partial charge < -0.3 is 10.1 Å². The first-order chi connectivity index (χ1) is 12.2. The summed E-state index contributed by atoms with van der Waals surface area (Å²) in [4.78, 5) is 29.0. The summed E-state index contributed by atoms with van der Waals surface area (Å²) in [5, 5.41) is 3.89. The number of rotatable bonds is 6. The van der Waals surface area contributed by atoms with Crippen LogP contribution < -0.4 is 5.32 Å². The van der Waals surface area contributed by atoms with Crippen LogP contribution in [0.3, 0.4) is 0 Å². The zero-order chi connectivity index (χ0) is 17.6. The second-order valence-electron chi connectivity index (χ2n) is 6.70. The van der Waals surface area contributed by atoms with Gasteiger partial charge in [-0.05, 0) is 30.9 Å². The number of nitrogens with one attached hydrogen (secondary N) is 1. The van der Waals surface area contributed by atoms with E-state index in [1.54, 1.807) is 0 Å². The van der Waals surface area contributed by atoms with Gasteiger partial charge in [-0.1, -0.05) is 37.1 Å². The highest BCUT2D eigenvalue weighted by Gasteiger charge is 2.25. The molecule has 1 aromatic carbocycles. The molecule has 0 radical (unpaired) electrons. The molecule has 1 atom stereocenters. The van der Waals surface area contributed by atoms with Crippen molar-refractivity contribution in [3.05, 3.63) is 42.1 Å². The number of hydrogen-bond acceptors (Lipinski definition) is 4. The van der Waals surface area contributed by atoms with E-state index in [2.05, 4.69) is 10.3 Å². The summed E-state index contributed by atoms with van der Waals surface area (Å²) in [6.07, 6.45) is 5.40. The highest BCUT2D eigenvalue weighted by molar-refractivity contribution is 5.85. The Bertz CT molecular complexity index is 753. The van der Waals surface area contributed by atoms with Crippen molar-refractivity contribution in [2.45, 2.75) is 44.6 Å². The van der Waals surface area contributed by atoms with E-state index in [9.17, 15) is 9.59 Å². The molecule has 1 N–H and O–H groups in total. The summed E-state index contributed by atoms with van der Waals surface area (Å²) in [6, 6.07) is 11.0. The number of para-hydroxylation sites is 1. The monoisotopic (exact) mass is 340 g/mol.